The zero-order valence-corrected chi connectivity index (χ0v) is 13.6. The molecule has 0 spiro atoms. The van der Waals surface area contributed by atoms with Gasteiger partial charge in [0.15, 0.2) is 5.78 Å². The minimum absolute atomic E-state index is 0.0954. The van der Waals surface area contributed by atoms with Crippen molar-refractivity contribution in [1.29, 1.82) is 0 Å². The van der Waals surface area contributed by atoms with Crippen molar-refractivity contribution in [3.8, 4) is 5.75 Å². The Hall–Kier alpha value is -2.96. The third kappa shape index (κ3) is 5.00. The third-order valence-corrected chi connectivity index (χ3v) is 3.22. The number of aliphatic hydroxyl groups excluding tert-OH is 1. The fourth-order valence-electron chi connectivity index (χ4n) is 1.93. The molecule has 0 radical (unpaired) electrons. The number of ether oxygens (including phenoxy) is 2. The van der Waals surface area contributed by atoms with Gasteiger partial charge in [-0.25, -0.2) is 4.79 Å². The van der Waals surface area contributed by atoms with E-state index in [0.29, 0.717) is 11.1 Å². The van der Waals surface area contributed by atoms with E-state index in [1.54, 1.807) is 24.3 Å². The van der Waals surface area contributed by atoms with Crippen molar-refractivity contribution in [1.82, 2.24) is 0 Å². The summed E-state index contributed by atoms with van der Waals surface area (Å²) in [5.74, 6) is -0.759. The summed E-state index contributed by atoms with van der Waals surface area (Å²) in [6.07, 6.45) is -3.64. The lowest BCUT2D eigenvalue weighted by atomic mass is 10.0. The molecule has 2 aromatic rings. The second-order valence-electron chi connectivity index (χ2n) is 5.31. The van der Waals surface area contributed by atoms with E-state index in [-0.39, 0.29) is 17.1 Å². The Labute approximate surface area is 144 Å². The van der Waals surface area contributed by atoms with Crippen LogP contribution in [0.3, 0.4) is 0 Å². The zero-order valence-electron chi connectivity index (χ0n) is 13.6. The standard InChI is InChI=1S/C19H18O6/c1-12(2)18(23)25-19(17(21)22)24-15-10-8-14(9-11-15)16(20)13-6-4-3-5-7-13/h3-11,17,19,21-22H,1H2,2H3. The summed E-state index contributed by atoms with van der Waals surface area (Å²) in [5.41, 5.74) is 1.09. The fourth-order valence-corrected chi connectivity index (χ4v) is 1.93. The van der Waals surface area contributed by atoms with Crippen LogP contribution >= 0.6 is 0 Å². The second kappa shape index (κ2) is 8.23. The summed E-state index contributed by atoms with van der Waals surface area (Å²) in [6, 6.07) is 14.8. The summed E-state index contributed by atoms with van der Waals surface area (Å²) < 4.78 is 10.0. The molecular weight excluding hydrogens is 324 g/mol. The van der Waals surface area contributed by atoms with E-state index < -0.39 is 18.5 Å². The van der Waals surface area contributed by atoms with Gasteiger partial charge >= 0.3 is 5.97 Å². The number of benzene rings is 2. The third-order valence-electron chi connectivity index (χ3n) is 3.22. The summed E-state index contributed by atoms with van der Waals surface area (Å²) in [7, 11) is 0. The Morgan fingerprint density at radius 2 is 1.52 bits per heavy atom. The molecule has 6 nitrogen and oxygen atoms in total. The normalized spacial score (nSPS) is 11.7. The Morgan fingerprint density at radius 1 is 0.960 bits per heavy atom. The van der Waals surface area contributed by atoms with Crippen molar-refractivity contribution < 1.29 is 29.3 Å². The number of carbonyl (C=O) groups is 2. The molecule has 0 amide bonds. The Morgan fingerprint density at radius 3 is 2.04 bits per heavy atom. The first-order valence-electron chi connectivity index (χ1n) is 7.47. The average molecular weight is 342 g/mol. The molecule has 0 bridgehead atoms. The van der Waals surface area contributed by atoms with Crippen molar-refractivity contribution in [2.45, 2.75) is 19.5 Å². The van der Waals surface area contributed by atoms with Crippen LogP contribution in [0.15, 0.2) is 66.7 Å². The molecule has 2 aromatic carbocycles. The summed E-state index contributed by atoms with van der Waals surface area (Å²) in [6.45, 7) is 4.83. The molecule has 0 fully saturated rings. The number of hydrogen-bond donors (Lipinski definition) is 2. The predicted molar refractivity (Wildman–Crippen MR) is 89.9 cm³/mol. The van der Waals surface area contributed by atoms with E-state index in [0.717, 1.165) is 0 Å². The maximum atomic E-state index is 12.3. The molecule has 0 aliphatic heterocycles. The lowest BCUT2D eigenvalue weighted by Crippen LogP contribution is -2.36. The number of rotatable bonds is 7. The summed E-state index contributed by atoms with van der Waals surface area (Å²) >= 11 is 0. The van der Waals surface area contributed by atoms with Crippen LogP contribution in [0, 0.1) is 0 Å². The fraction of sp³-hybridized carbons (Fsp3) is 0.158. The molecule has 0 aliphatic carbocycles. The van der Waals surface area contributed by atoms with Gasteiger partial charge in [-0.3, -0.25) is 4.79 Å². The number of ketones is 1. The van der Waals surface area contributed by atoms with Crippen LogP contribution in [0.1, 0.15) is 22.8 Å². The quantitative estimate of drug-likeness (QED) is 0.346. The molecule has 2 rings (SSSR count). The van der Waals surface area contributed by atoms with Gasteiger partial charge in [-0.15, -0.1) is 0 Å². The van der Waals surface area contributed by atoms with Gasteiger partial charge in [-0.2, -0.15) is 0 Å². The van der Waals surface area contributed by atoms with Crippen LogP contribution in [-0.4, -0.2) is 34.5 Å². The van der Waals surface area contributed by atoms with Crippen LogP contribution < -0.4 is 4.74 Å². The van der Waals surface area contributed by atoms with Crippen LogP contribution in [0.2, 0.25) is 0 Å². The number of hydrogen-bond acceptors (Lipinski definition) is 6. The first-order chi connectivity index (χ1) is 11.9. The largest absolute Gasteiger partial charge is 0.450 e. The number of esters is 1. The molecule has 6 heteroatoms. The minimum atomic E-state index is -2.03. The van der Waals surface area contributed by atoms with Gasteiger partial charge in [-0.05, 0) is 31.2 Å². The molecule has 130 valence electrons. The van der Waals surface area contributed by atoms with E-state index in [4.69, 9.17) is 9.47 Å². The lowest BCUT2D eigenvalue weighted by molar-refractivity contribution is -0.217. The maximum absolute atomic E-state index is 12.3. The molecular formula is C19H18O6. The lowest BCUT2D eigenvalue weighted by Gasteiger charge is -2.20. The maximum Gasteiger partial charge on any atom is 0.336 e. The number of carbonyl (C=O) groups excluding carboxylic acids is 2. The SMILES string of the molecule is C=C(C)C(=O)OC(Oc1ccc(C(=O)c2ccccc2)cc1)C(O)O. The molecule has 2 N–H and O–H groups in total. The average Bonchev–Trinajstić information content (AvgIpc) is 2.61. The van der Waals surface area contributed by atoms with E-state index in [9.17, 15) is 19.8 Å². The molecule has 0 heterocycles. The van der Waals surface area contributed by atoms with Gasteiger partial charge in [0.05, 0.1) is 0 Å². The smallest absolute Gasteiger partial charge is 0.336 e. The molecule has 1 unspecified atom stereocenters. The predicted octanol–water partition coefficient (Wildman–Crippen LogP) is 2.05. The monoisotopic (exact) mass is 342 g/mol. The molecule has 0 aliphatic rings. The Kier molecular flexibility index (Phi) is 6.05. The Bertz CT molecular complexity index is 749. The van der Waals surface area contributed by atoms with Gasteiger partial charge < -0.3 is 19.7 Å². The van der Waals surface area contributed by atoms with E-state index in [1.807, 2.05) is 6.07 Å². The van der Waals surface area contributed by atoms with Crippen molar-refractivity contribution in [2.24, 2.45) is 0 Å². The minimum Gasteiger partial charge on any atom is -0.450 e. The highest BCUT2D eigenvalue weighted by molar-refractivity contribution is 6.08. The van der Waals surface area contributed by atoms with Crippen LogP contribution in [0.4, 0.5) is 0 Å². The van der Waals surface area contributed by atoms with Crippen molar-refractivity contribution in [3.63, 3.8) is 0 Å². The van der Waals surface area contributed by atoms with Crippen LogP contribution in [0.5, 0.6) is 5.75 Å². The van der Waals surface area contributed by atoms with E-state index in [1.165, 1.54) is 31.2 Å². The first-order valence-corrected chi connectivity index (χ1v) is 7.47. The molecule has 0 aromatic heterocycles. The van der Waals surface area contributed by atoms with Gasteiger partial charge in [0.1, 0.15) is 5.75 Å². The summed E-state index contributed by atoms with van der Waals surface area (Å²) in [4.78, 5) is 23.8. The van der Waals surface area contributed by atoms with E-state index in [2.05, 4.69) is 6.58 Å². The Balaban J connectivity index is 2.09. The molecule has 0 saturated carbocycles. The van der Waals surface area contributed by atoms with Crippen molar-refractivity contribution in [3.05, 3.63) is 77.9 Å². The van der Waals surface area contributed by atoms with Gasteiger partial charge in [0.2, 0.25) is 6.29 Å². The second-order valence-corrected chi connectivity index (χ2v) is 5.31. The van der Waals surface area contributed by atoms with Crippen LogP contribution in [-0.2, 0) is 9.53 Å². The molecule has 1 atom stereocenters. The van der Waals surface area contributed by atoms with Gasteiger partial charge in [0.25, 0.3) is 6.29 Å². The van der Waals surface area contributed by atoms with Gasteiger partial charge in [-0.1, -0.05) is 36.9 Å². The molecule has 25 heavy (non-hydrogen) atoms. The van der Waals surface area contributed by atoms with E-state index >= 15 is 0 Å². The highest BCUT2D eigenvalue weighted by atomic mass is 16.7. The zero-order chi connectivity index (χ0) is 18.4. The molecule has 0 saturated heterocycles. The highest BCUT2D eigenvalue weighted by Gasteiger charge is 2.24. The van der Waals surface area contributed by atoms with Crippen molar-refractivity contribution >= 4 is 11.8 Å². The van der Waals surface area contributed by atoms with Gasteiger partial charge in [0, 0.05) is 16.7 Å². The number of aliphatic hydroxyl groups is 2. The topological polar surface area (TPSA) is 93.1 Å². The van der Waals surface area contributed by atoms with Crippen molar-refractivity contribution in [2.75, 3.05) is 0 Å². The van der Waals surface area contributed by atoms with Crippen LogP contribution in [0.25, 0.3) is 0 Å². The summed E-state index contributed by atoms with van der Waals surface area (Å²) in [5, 5.41) is 18.5. The first kappa shape index (κ1) is 18.4. The highest BCUT2D eigenvalue weighted by Crippen LogP contribution is 2.18.